The number of amides is 1. The summed E-state index contributed by atoms with van der Waals surface area (Å²) in [6.07, 6.45) is 2.47. The van der Waals surface area contributed by atoms with Crippen LogP contribution in [-0.4, -0.2) is 34.5 Å². The number of hydrogen-bond donors (Lipinski definition) is 1. The number of hydrogen-bond acceptors (Lipinski definition) is 2. The predicted octanol–water partition coefficient (Wildman–Crippen LogP) is 2.77. The Balaban J connectivity index is 2.75. The molecule has 1 fully saturated rings. The molecular weight excluding hydrogens is 242 g/mol. The highest BCUT2D eigenvalue weighted by atomic mass is 16.4. The van der Waals surface area contributed by atoms with Gasteiger partial charge in [0.15, 0.2) is 0 Å². The van der Waals surface area contributed by atoms with E-state index in [-0.39, 0.29) is 24.3 Å². The van der Waals surface area contributed by atoms with Gasteiger partial charge in [0, 0.05) is 19.0 Å². The van der Waals surface area contributed by atoms with Crippen molar-refractivity contribution >= 4 is 11.9 Å². The summed E-state index contributed by atoms with van der Waals surface area (Å²) in [7, 11) is 0. The number of nitrogens with zero attached hydrogens (tertiary/aromatic N) is 1. The summed E-state index contributed by atoms with van der Waals surface area (Å²) in [5.41, 5.74) is -0.978. The molecule has 4 nitrogen and oxygen atoms in total. The number of aliphatic carboxylic acids is 1. The molecule has 1 rings (SSSR count). The molecule has 1 unspecified atom stereocenters. The zero-order valence-corrected chi connectivity index (χ0v) is 12.8. The fourth-order valence-electron chi connectivity index (χ4n) is 2.12. The summed E-state index contributed by atoms with van der Waals surface area (Å²) in [6, 6.07) is 0.137. The van der Waals surface area contributed by atoms with Gasteiger partial charge in [-0.1, -0.05) is 13.8 Å². The first kappa shape index (κ1) is 16.0. The molecule has 0 aliphatic heterocycles. The maximum Gasteiger partial charge on any atom is 0.310 e. The Bertz CT molecular complexity index is 347. The van der Waals surface area contributed by atoms with Crippen LogP contribution in [0.2, 0.25) is 0 Å². The van der Waals surface area contributed by atoms with Crippen LogP contribution in [-0.2, 0) is 9.59 Å². The van der Waals surface area contributed by atoms with Crippen molar-refractivity contribution in [2.45, 2.75) is 59.9 Å². The van der Waals surface area contributed by atoms with E-state index in [4.69, 9.17) is 0 Å². The lowest BCUT2D eigenvalue weighted by molar-refractivity contribution is -0.156. The van der Waals surface area contributed by atoms with Gasteiger partial charge in [0.1, 0.15) is 0 Å². The summed E-state index contributed by atoms with van der Waals surface area (Å²) in [5, 5.41) is 9.40. The van der Waals surface area contributed by atoms with Crippen LogP contribution in [0, 0.1) is 17.3 Å². The molecule has 1 aliphatic rings. The largest absolute Gasteiger partial charge is 0.481 e. The van der Waals surface area contributed by atoms with Crippen LogP contribution >= 0.6 is 0 Å². The van der Waals surface area contributed by atoms with E-state index in [1.54, 1.807) is 6.92 Å². The van der Waals surface area contributed by atoms with E-state index in [9.17, 15) is 14.7 Å². The Hall–Kier alpha value is -1.06. The van der Waals surface area contributed by atoms with Crippen molar-refractivity contribution in [2.75, 3.05) is 6.54 Å². The SMILES string of the molecule is CC(C)N(CC1CC1)C(=O)CC(C)(C(=O)O)C(C)C. The van der Waals surface area contributed by atoms with E-state index < -0.39 is 11.4 Å². The Kier molecular flexibility index (Phi) is 4.99. The summed E-state index contributed by atoms with van der Waals surface area (Å²) in [4.78, 5) is 25.7. The maximum atomic E-state index is 12.4. The van der Waals surface area contributed by atoms with Gasteiger partial charge < -0.3 is 10.0 Å². The third-order valence-electron chi connectivity index (χ3n) is 4.38. The molecule has 0 radical (unpaired) electrons. The van der Waals surface area contributed by atoms with Gasteiger partial charge in [0.25, 0.3) is 0 Å². The Morgan fingerprint density at radius 3 is 2.11 bits per heavy atom. The van der Waals surface area contributed by atoms with E-state index in [2.05, 4.69) is 0 Å². The molecule has 0 heterocycles. The quantitative estimate of drug-likeness (QED) is 0.773. The molecule has 0 aromatic rings. The number of carboxylic acids is 1. The molecule has 19 heavy (non-hydrogen) atoms. The highest BCUT2D eigenvalue weighted by molar-refractivity contribution is 5.85. The smallest absolute Gasteiger partial charge is 0.310 e. The molecule has 4 heteroatoms. The molecule has 1 saturated carbocycles. The van der Waals surface area contributed by atoms with Gasteiger partial charge in [-0.05, 0) is 45.4 Å². The average molecular weight is 269 g/mol. The summed E-state index contributed by atoms with van der Waals surface area (Å²) in [6.45, 7) is 10.2. The van der Waals surface area contributed by atoms with Gasteiger partial charge in [-0.15, -0.1) is 0 Å². The van der Waals surface area contributed by atoms with Crippen LogP contribution in [0.25, 0.3) is 0 Å². The molecule has 0 bridgehead atoms. The highest BCUT2D eigenvalue weighted by Gasteiger charge is 2.40. The van der Waals surface area contributed by atoms with Crippen LogP contribution in [0.1, 0.15) is 53.9 Å². The minimum Gasteiger partial charge on any atom is -0.481 e. The predicted molar refractivity (Wildman–Crippen MR) is 74.8 cm³/mol. The third-order valence-corrected chi connectivity index (χ3v) is 4.38. The first-order chi connectivity index (χ1) is 8.68. The van der Waals surface area contributed by atoms with Crippen molar-refractivity contribution in [1.29, 1.82) is 0 Å². The van der Waals surface area contributed by atoms with Gasteiger partial charge in [-0.3, -0.25) is 9.59 Å². The molecule has 110 valence electrons. The van der Waals surface area contributed by atoms with Gasteiger partial charge >= 0.3 is 5.97 Å². The van der Waals surface area contributed by atoms with Crippen LogP contribution < -0.4 is 0 Å². The first-order valence-corrected chi connectivity index (χ1v) is 7.21. The van der Waals surface area contributed by atoms with E-state index in [0.717, 1.165) is 6.54 Å². The standard InChI is InChI=1S/C15H27NO3/c1-10(2)15(5,14(18)19)8-13(17)16(11(3)4)9-12-6-7-12/h10-12H,6-9H2,1-5H3,(H,18,19). The molecule has 0 aromatic carbocycles. The molecule has 1 N–H and O–H groups in total. The molecule has 0 aromatic heterocycles. The van der Waals surface area contributed by atoms with Crippen LogP contribution in [0.4, 0.5) is 0 Å². The lowest BCUT2D eigenvalue weighted by Gasteiger charge is -2.33. The number of carbonyl (C=O) groups excluding carboxylic acids is 1. The average Bonchev–Trinajstić information content (AvgIpc) is 3.08. The normalized spacial score (nSPS) is 18.5. The second-order valence-electron chi connectivity index (χ2n) is 6.64. The van der Waals surface area contributed by atoms with Gasteiger partial charge in [0.2, 0.25) is 5.91 Å². The second-order valence-corrected chi connectivity index (χ2v) is 6.64. The van der Waals surface area contributed by atoms with Crippen molar-refractivity contribution in [3.05, 3.63) is 0 Å². The molecule has 1 aliphatic carbocycles. The molecule has 0 spiro atoms. The number of rotatable bonds is 7. The van der Waals surface area contributed by atoms with E-state index >= 15 is 0 Å². The Morgan fingerprint density at radius 1 is 1.26 bits per heavy atom. The van der Waals surface area contributed by atoms with Gasteiger partial charge in [-0.2, -0.15) is 0 Å². The summed E-state index contributed by atoms with van der Waals surface area (Å²) in [5.74, 6) is -0.350. The lowest BCUT2D eigenvalue weighted by atomic mass is 9.76. The van der Waals surface area contributed by atoms with Crippen LogP contribution in [0.3, 0.4) is 0 Å². The number of carboxylic acid groups (broad SMARTS) is 1. The Labute approximate surface area is 116 Å². The molecular formula is C15H27NO3. The summed E-state index contributed by atoms with van der Waals surface area (Å²) >= 11 is 0. The van der Waals surface area contributed by atoms with Crippen molar-refractivity contribution in [3.8, 4) is 0 Å². The molecule has 0 saturated heterocycles. The fraction of sp³-hybridized carbons (Fsp3) is 0.867. The van der Waals surface area contributed by atoms with E-state index in [1.807, 2.05) is 32.6 Å². The number of carbonyl (C=O) groups is 2. The molecule has 1 amide bonds. The van der Waals surface area contributed by atoms with Crippen molar-refractivity contribution in [1.82, 2.24) is 4.90 Å². The lowest BCUT2D eigenvalue weighted by Crippen LogP contribution is -2.44. The topological polar surface area (TPSA) is 57.6 Å². The van der Waals surface area contributed by atoms with Gasteiger partial charge in [0.05, 0.1) is 5.41 Å². The maximum absolute atomic E-state index is 12.4. The minimum absolute atomic E-state index is 0.0273. The third kappa shape index (κ3) is 3.95. The van der Waals surface area contributed by atoms with Crippen molar-refractivity contribution < 1.29 is 14.7 Å². The van der Waals surface area contributed by atoms with Crippen LogP contribution in [0.5, 0.6) is 0 Å². The van der Waals surface area contributed by atoms with Crippen molar-refractivity contribution in [3.63, 3.8) is 0 Å². The highest BCUT2D eigenvalue weighted by Crippen LogP contribution is 2.34. The summed E-state index contributed by atoms with van der Waals surface area (Å²) < 4.78 is 0. The molecule has 1 atom stereocenters. The monoisotopic (exact) mass is 269 g/mol. The van der Waals surface area contributed by atoms with E-state index in [1.165, 1.54) is 12.8 Å². The van der Waals surface area contributed by atoms with Crippen molar-refractivity contribution in [2.24, 2.45) is 17.3 Å². The fourth-order valence-corrected chi connectivity index (χ4v) is 2.12. The van der Waals surface area contributed by atoms with Gasteiger partial charge in [-0.25, -0.2) is 0 Å². The zero-order valence-electron chi connectivity index (χ0n) is 12.8. The first-order valence-electron chi connectivity index (χ1n) is 7.21. The van der Waals surface area contributed by atoms with E-state index in [0.29, 0.717) is 5.92 Å². The minimum atomic E-state index is -0.978. The van der Waals surface area contributed by atoms with Crippen LogP contribution in [0.15, 0.2) is 0 Å². The zero-order chi connectivity index (χ0) is 14.8. The Morgan fingerprint density at radius 2 is 1.79 bits per heavy atom. The second kappa shape index (κ2) is 5.93.